The molecule has 52 heavy (non-hydrogen) atoms. The maximum absolute atomic E-state index is 5.08. The maximum atomic E-state index is 5.08. The lowest BCUT2D eigenvalue weighted by molar-refractivity contribution is 0.353. The predicted octanol–water partition coefficient (Wildman–Crippen LogP) is 13.2. The summed E-state index contributed by atoms with van der Waals surface area (Å²) in [5, 5.41) is 2.66. The molecule has 0 saturated heterocycles. The normalized spacial score (nSPS) is 14.3. The Morgan fingerprint density at radius 1 is 0.365 bits per heavy atom. The summed E-state index contributed by atoms with van der Waals surface area (Å²) in [6, 6.07) is 61.6. The van der Waals surface area contributed by atoms with E-state index in [1.807, 2.05) is 24.3 Å². The first-order chi connectivity index (χ1) is 25.7. The summed E-state index contributed by atoms with van der Waals surface area (Å²) in [4.78, 5) is 10.1. The van der Waals surface area contributed by atoms with E-state index in [9.17, 15) is 0 Å². The van der Waals surface area contributed by atoms with E-state index in [-0.39, 0.29) is 5.41 Å². The molecule has 10 rings (SSSR count). The summed E-state index contributed by atoms with van der Waals surface area (Å²) >= 11 is 0. The van der Waals surface area contributed by atoms with Crippen molar-refractivity contribution in [3.63, 3.8) is 0 Å². The number of hydrogen-bond donors (Lipinski definition) is 0. The highest BCUT2D eigenvalue weighted by molar-refractivity contribution is 6.01. The molecule has 1 fully saturated rings. The molecular weight excluding hydrogens is 629 g/mol. The lowest BCUT2D eigenvalue weighted by Gasteiger charge is -2.36. The van der Waals surface area contributed by atoms with E-state index in [0.717, 1.165) is 33.9 Å². The molecule has 2 nitrogen and oxygen atoms in total. The molecule has 7 aromatic carbocycles. The van der Waals surface area contributed by atoms with E-state index in [1.165, 1.54) is 87.4 Å². The monoisotopic (exact) mass is 666 g/mol. The highest BCUT2D eigenvalue weighted by Crippen LogP contribution is 2.59. The van der Waals surface area contributed by atoms with E-state index in [4.69, 9.17) is 9.97 Å². The molecule has 1 saturated carbocycles. The van der Waals surface area contributed by atoms with Crippen LogP contribution in [0.1, 0.15) is 43.2 Å². The number of fused-ring (bicyclic) bond motifs is 6. The summed E-state index contributed by atoms with van der Waals surface area (Å²) in [5.41, 5.74) is 16.0. The molecule has 1 spiro atoms. The number of hydrogen-bond acceptors (Lipinski definition) is 2. The van der Waals surface area contributed by atoms with Gasteiger partial charge in [-0.15, -0.1) is 0 Å². The van der Waals surface area contributed by atoms with Gasteiger partial charge in [0.2, 0.25) is 0 Å². The van der Waals surface area contributed by atoms with Gasteiger partial charge in [-0.2, -0.15) is 0 Å². The van der Waals surface area contributed by atoms with Crippen LogP contribution in [0.15, 0.2) is 170 Å². The summed E-state index contributed by atoms with van der Waals surface area (Å²) in [6.45, 7) is 0. The van der Waals surface area contributed by atoms with Crippen molar-refractivity contribution in [2.75, 3.05) is 0 Å². The Hall–Kier alpha value is -6.12. The van der Waals surface area contributed by atoms with Gasteiger partial charge in [-0.3, -0.25) is 0 Å². The number of aromatic nitrogens is 2. The second-order valence-corrected chi connectivity index (χ2v) is 14.4. The van der Waals surface area contributed by atoms with Crippen LogP contribution >= 0.6 is 0 Å². The molecule has 1 heterocycles. The number of nitrogens with zero attached hydrogens (tertiary/aromatic N) is 2. The van der Waals surface area contributed by atoms with Gasteiger partial charge in [0.15, 0.2) is 5.82 Å². The molecular formula is C50H38N2. The third-order valence-electron chi connectivity index (χ3n) is 11.5. The second-order valence-electron chi connectivity index (χ2n) is 14.4. The molecule has 8 aromatic rings. The molecule has 248 valence electrons. The molecule has 0 radical (unpaired) electrons. The second kappa shape index (κ2) is 12.6. The van der Waals surface area contributed by atoms with E-state index in [1.54, 1.807) is 0 Å². The summed E-state index contributed by atoms with van der Waals surface area (Å²) in [6.07, 6.45) is 6.34. The average Bonchev–Trinajstić information content (AvgIpc) is 3.48. The number of benzene rings is 7. The number of rotatable bonds is 5. The van der Waals surface area contributed by atoms with Gasteiger partial charge in [0.05, 0.1) is 11.4 Å². The van der Waals surface area contributed by atoms with Crippen LogP contribution in [0, 0.1) is 0 Å². The first-order valence-electron chi connectivity index (χ1n) is 18.6. The topological polar surface area (TPSA) is 25.8 Å². The van der Waals surface area contributed by atoms with Gasteiger partial charge in [0, 0.05) is 22.1 Å². The average molecular weight is 667 g/mol. The Morgan fingerprint density at radius 2 is 0.923 bits per heavy atom. The SMILES string of the molecule is c1ccc(-c2cc(-c3ccc(-c4ccccc4-c4cccc5c4-c4cc6ccccc6cc4C54CCCCC4)cc3)nc(-c3ccccc3)n2)cc1. The van der Waals surface area contributed by atoms with Gasteiger partial charge in [-0.1, -0.05) is 171 Å². The van der Waals surface area contributed by atoms with Crippen LogP contribution in [0.4, 0.5) is 0 Å². The van der Waals surface area contributed by atoms with E-state index in [0.29, 0.717) is 0 Å². The van der Waals surface area contributed by atoms with Crippen molar-refractivity contribution in [2.24, 2.45) is 0 Å². The maximum Gasteiger partial charge on any atom is 0.160 e. The van der Waals surface area contributed by atoms with Crippen molar-refractivity contribution in [3.8, 4) is 67.3 Å². The third kappa shape index (κ3) is 5.09. The fraction of sp³-hybridized carbons (Fsp3) is 0.120. The van der Waals surface area contributed by atoms with Crippen LogP contribution < -0.4 is 0 Å². The summed E-state index contributed by atoms with van der Waals surface area (Å²) in [7, 11) is 0. The van der Waals surface area contributed by atoms with Crippen molar-refractivity contribution >= 4 is 10.8 Å². The highest BCUT2D eigenvalue weighted by atomic mass is 14.9. The molecule has 0 N–H and O–H groups in total. The quantitative estimate of drug-likeness (QED) is 0.183. The van der Waals surface area contributed by atoms with Crippen molar-refractivity contribution in [2.45, 2.75) is 37.5 Å². The van der Waals surface area contributed by atoms with Crippen molar-refractivity contribution in [1.29, 1.82) is 0 Å². The van der Waals surface area contributed by atoms with Crippen LogP contribution in [0.3, 0.4) is 0 Å². The Labute approximate surface area is 305 Å². The lowest BCUT2D eigenvalue weighted by atomic mass is 9.67. The van der Waals surface area contributed by atoms with E-state index >= 15 is 0 Å². The van der Waals surface area contributed by atoms with Gasteiger partial charge in [0.1, 0.15) is 0 Å². The third-order valence-corrected chi connectivity index (χ3v) is 11.5. The first kappa shape index (κ1) is 30.7. The van der Waals surface area contributed by atoms with Gasteiger partial charge in [-0.05, 0) is 86.3 Å². The smallest absolute Gasteiger partial charge is 0.160 e. The standard InChI is InChI=1S/C50H38N2/c1-4-15-35(16-5-1)46-33-47(52-49(51-46)37-17-6-2-7-18-37)36-27-25-34(26-28-36)40-21-10-11-22-41(40)42-23-14-24-44-48(42)43-31-38-19-8-9-20-39(38)32-45(43)50(44)29-12-3-13-30-50/h1-2,4-11,14-28,31-33H,3,12-13,29-30H2. The lowest BCUT2D eigenvalue weighted by Crippen LogP contribution is -2.28. The van der Waals surface area contributed by atoms with Gasteiger partial charge in [-0.25, -0.2) is 9.97 Å². The fourth-order valence-electron chi connectivity index (χ4n) is 9.01. The molecule has 2 heteroatoms. The molecule has 0 atom stereocenters. The summed E-state index contributed by atoms with van der Waals surface area (Å²) in [5.74, 6) is 0.730. The molecule has 2 aliphatic rings. The Balaban J connectivity index is 1.09. The molecule has 1 aromatic heterocycles. The molecule has 2 aliphatic carbocycles. The van der Waals surface area contributed by atoms with Crippen LogP contribution in [-0.4, -0.2) is 9.97 Å². The van der Waals surface area contributed by atoms with Crippen LogP contribution in [0.5, 0.6) is 0 Å². The highest BCUT2D eigenvalue weighted by Gasteiger charge is 2.44. The zero-order valence-electron chi connectivity index (χ0n) is 29.1. The molecule has 0 amide bonds. The van der Waals surface area contributed by atoms with Crippen LogP contribution in [0.2, 0.25) is 0 Å². The Morgan fingerprint density at radius 3 is 1.63 bits per heavy atom. The summed E-state index contributed by atoms with van der Waals surface area (Å²) < 4.78 is 0. The van der Waals surface area contributed by atoms with Crippen molar-refractivity contribution < 1.29 is 0 Å². The fourth-order valence-corrected chi connectivity index (χ4v) is 9.01. The van der Waals surface area contributed by atoms with Crippen LogP contribution in [0.25, 0.3) is 78.1 Å². The predicted molar refractivity (Wildman–Crippen MR) is 216 cm³/mol. The van der Waals surface area contributed by atoms with E-state index in [2.05, 4.69) is 146 Å². The Kier molecular flexibility index (Phi) is 7.42. The van der Waals surface area contributed by atoms with Gasteiger partial charge >= 0.3 is 0 Å². The van der Waals surface area contributed by atoms with E-state index < -0.39 is 0 Å². The Bertz CT molecular complexity index is 2520. The van der Waals surface area contributed by atoms with Gasteiger partial charge in [0.25, 0.3) is 0 Å². The minimum absolute atomic E-state index is 0.0916. The zero-order valence-corrected chi connectivity index (χ0v) is 29.1. The van der Waals surface area contributed by atoms with Crippen molar-refractivity contribution in [1.82, 2.24) is 9.97 Å². The minimum Gasteiger partial charge on any atom is -0.228 e. The van der Waals surface area contributed by atoms with Gasteiger partial charge < -0.3 is 0 Å². The molecule has 0 bridgehead atoms. The van der Waals surface area contributed by atoms with Crippen LogP contribution in [-0.2, 0) is 5.41 Å². The zero-order chi connectivity index (χ0) is 34.5. The van der Waals surface area contributed by atoms with Crippen molar-refractivity contribution in [3.05, 3.63) is 181 Å². The molecule has 0 aliphatic heterocycles. The first-order valence-corrected chi connectivity index (χ1v) is 18.6. The molecule has 0 unspecified atom stereocenters. The largest absolute Gasteiger partial charge is 0.228 e. The minimum atomic E-state index is 0.0916.